The molecule has 0 bridgehead atoms. The number of ether oxygens (including phenoxy) is 1. The molecule has 3 N–H and O–H groups in total. The van der Waals surface area contributed by atoms with Gasteiger partial charge in [-0.2, -0.15) is 0 Å². The van der Waals surface area contributed by atoms with Crippen LogP contribution in [0.15, 0.2) is 18.3 Å². The summed E-state index contributed by atoms with van der Waals surface area (Å²) in [7, 11) is 0. The van der Waals surface area contributed by atoms with Crippen molar-refractivity contribution in [1.29, 1.82) is 0 Å². The minimum Gasteiger partial charge on any atom is -0.444 e. The van der Waals surface area contributed by atoms with Crippen LogP contribution in [0.5, 0.6) is 0 Å². The van der Waals surface area contributed by atoms with Crippen LogP contribution in [0.25, 0.3) is 0 Å². The molecule has 0 spiro atoms. The molecular formula is C14H21N3O3. The normalized spacial score (nSPS) is 16.4. The molecule has 1 saturated carbocycles. The standard InChI is InChI=1S/C14H21N3O3/c1-13(2,3)20-12(19)17-14(6-7-14)11(18)16-9-10-5-4-8-15-10/h4-5,8,15H,6-7,9H2,1-3H3,(H,16,18)(H,17,19). The molecular weight excluding hydrogens is 258 g/mol. The molecule has 0 unspecified atom stereocenters. The zero-order valence-electron chi connectivity index (χ0n) is 12.1. The lowest BCUT2D eigenvalue weighted by Gasteiger charge is -2.23. The Hall–Kier alpha value is -1.98. The van der Waals surface area contributed by atoms with Crippen LogP contribution in [0, 0.1) is 0 Å². The predicted molar refractivity (Wildman–Crippen MR) is 74.0 cm³/mol. The maximum absolute atomic E-state index is 12.1. The van der Waals surface area contributed by atoms with Crippen molar-refractivity contribution in [1.82, 2.24) is 15.6 Å². The van der Waals surface area contributed by atoms with Gasteiger partial charge in [0, 0.05) is 11.9 Å². The molecule has 0 aliphatic heterocycles. The quantitative estimate of drug-likeness (QED) is 0.784. The van der Waals surface area contributed by atoms with Crippen LogP contribution in [-0.2, 0) is 16.1 Å². The zero-order chi connectivity index (χ0) is 14.8. The van der Waals surface area contributed by atoms with Crippen molar-refractivity contribution in [3.05, 3.63) is 24.0 Å². The van der Waals surface area contributed by atoms with Gasteiger partial charge in [-0.15, -0.1) is 0 Å². The topological polar surface area (TPSA) is 83.2 Å². The van der Waals surface area contributed by atoms with Crippen LogP contribution in [0.4, 0.5) is 4.79 Å². The first kappa shape index (κ1) is 14.4. The van der Waals surface area contributed by atoms with Gasteiger partial charge in [0.15, 0.2) is 0 Å². The molecule has 6 heteroatoms. The number of carbonyl (C=O) groups excluding carboxylic acids is 2. The van der Waals surface area contributed by atoms with Gasteiger partial charge in [-0.25, -0.2) is 4.79 Å². The average molecular weight is 279 g/mol. The van der Waals surface area contributed by atoms with E-state index in [1.807, 2.05) is 12.1 Å². The molecule has 6 nitrogen and oxygen atoms in total. The van der Waals surface area contributed by atoms with E-state index in [4.69, 9.17) is 4.74 Å². The number of rotatable bonds is 4. The molecule has 0 radical (unpaired) electrons. The first-order valence-electron chi connectivity index (χ1n) is 6.72. The monoisotopic (exact) mass is 279 g/mol. The van der Waals surface area contributed by atoms with E-state index in [1.165, 1.54) is 0 Å². The minimum atomic E-state index is -0.797. The lowest BCUT2D eigenvalue weighted by atomic mass is 10.2. The van der Waals surface area contributed by atoms with Gasteiger partial charge in [-0.05, 0) is 45.7 Å². The highest BCUT2D eigenvalue weighted by molar-refractivity contribution is 5.92. The van der Waals surface area contributed by atoms with Gasteiger partial charge in [-0.1, -0.05) is 0 Å². The first-order chi connectivity index (χ1) is 9.31. The fraction of sp³-hybridized carbons (Fsp3) is 0.571. The summed E-state index contributed by atoms with van der Waals surface area (Å²) in [6.07, 6.45) is 2.53. The van der Waals surface area contributed by atoms with Gasteiger partial charge >= 0.3 is 6.09 Å². The maximum Gasteiger partial charge on any atom is 0.408 e. The molecule has 0 aromatic carbocycles. The molecule has 20 heavy (non-hydrogen) atoms. The molecule has 110 valence electrons. The Morgan fingerprint density at radius 2 is 2.10 bits per heavy atom. The summed E-state index contributed by atoms with van der Waals surface area (Å²) in [4.78, 5) is 26.9. The van der Waals surface area contributed by atoms with Gasteiger partial charge in [0.2, 0.25) is 5.91 Å². The smallest absolute Gasteiger partial charge is 0.408 e. The van der Waals surface area contributed by atoms with Crippen molar-refractivity contribution in [3.63, 3.8) is 0 Å². The summed E-state index contributed by atoms with van der Waals surface area (Å²) in [5.74, 6) is -0.169. The van der Waals surface area contributed by atoms with Crippen LogP contribution in [-0.4, -0.2) is 28.1 Å². The molecule has 1 fully saturated rings. The van der Waals surface area contributed by atoms with Crippen molar-refractivity contribution in [2.75, 3.05) is 0 Å². The lowest BCUT2D eigenvalue weighted by Crippen LogP contribution is -2.50. The average Bonchev–Trinajstić information content (AvgIpc) is 2.89. The van der Waals surface area contributed by atoms with Crippen molar-refractivity contribution in [2.24, 2.45) is 0 Å². The lowest BCUT2D eigenvalue weighted by molar-refractivity contribution is -0.124. The number of aromatic nitrogens is 1. The third-order valence-corrected chi connectivity index (χ3v) is 3.03. The van der Waals surface area contributed by atoms with Gasteiger partial charge in [-0.3, -0.25) is 4.79 Å². The number of nitrogens with one attached hydrogen (secondary N) is 3. The second-order valence-electron chi connectivity index (χ2n) is 6.09. The van der Waals surface area contributed by atoms with E-state index in [0.717, 1.165) is 5.69 Å². The number of H-pyrrole nitrogens is 1. The number of aromatic amines is 1. The summed E-state index contributed by atoms with van der Waals surface area (Å²) in [6, 6.07) is 3.76. The van der Waals surface area contributed by atoms with Crippen molar-refractivity contribution in [3.8, 4) is 0 Å². The van der Waals surface area contributed by atoms with E-state index in [9.17, 15) is 9.59 Å². The van der Waals surface area contributed by atoms with Gasteiger partial charge in [0.25, 0.3) is 0 Å². The molecule has 1 aromatic heterocycles. The number of carbonyl (C=O) groups is 2. The van der Waals surface area contributed by atoms with Gasteiger partial charge in [0.05, 0.1) is 6.54 Å². The summed E-state index contributed by atoms with van der Waals surface area (Å²) >= 11 is 0. The van der Waals surface area contributed by atoms with E-state index >= 15 is 0 Å². The highest BCUT2D eigenvalue weighted by atomic mass is 16.6. The summed E-state index contributed by atoms with van der Waals surface area (Å²) in [6.45, 7) is 5.79. The Labute approximate surface area is 118 Å². The largest absolute Gasteiger partial charge is 0.444 e. The number of hydrogen-bond acceptors (Lipinski definition) is 3. The number of amides is 2. The Morgan fingerprint density at radius 3 is 2.60 bits per heavy atom. The molecule has 1 aliphatic rings. The third-order valence-electron chi connectivity index (χ3n) is 3.03. The first-order valence-corrected chi connectivity index (χ1v) is 6.72. The molecule has 1 aromatic rings. The van der Waals surface area contributed by atoms with E-state index in [0.29, 0.717) is 19.4 Å². The van der Waals surface area contributed by atoms with Crippen molar-refractivity contribution in [2.45, 2.75) is 51.3 Å². The van der Waals surface area contributed by atoms with Crippen LogP contribution in [0.1, 0.15) is 39.3 Å². The fourth-order valence-corrected chi connectivity index (χ4v) is 1.85. The Bertz CT molecular complexity index is 484. The second-order valence-corrected chi connectivity index (χ2v) is 6.09. The molecule has 2 amide bonds. The summed E-state index contributed by atoms with van der Waals surface area (Å²) in [5, 5.41) is 5.49. The number of hydrogen-bond donors (Lipinski definition) is 3. The highest BCUT2D eigenvalue weighted by Crippen LogP contribution is 2.35. The van der Waals surface area contributed by atoms with Crippen molar-refractivity contribution >= 4 is 12.0 Å². The van der Waals surface area contributed by atoms with Crippen LogP contribution in [0.3, 0.4) is 0 Å². The van der Waals surface area contributed by atoms with Crippen molar-refractivity contribution < 1.29 is 14.3 Å². The molecule has 2 rings (SSSR count). The molecule has 1 heterocycles. The van der Waals surface area contributed by atoms with Gasteiger partial charge in [0.1, 0.15) is 11.1 Å². The highest BCUT2D eigenvalue weighted by Gasteiger charge is 2.51. The Balaban J connectivity index is 1.84. The number of alkyl carbamates (subject to hydrolysis) is 1. The van der Waals surface area contributed by atoms with Gasteiger partial charge < -0.3 is 20.4 Å². The molecule has 1 aliphatic carbocycles. The molecule has 0 saturated heterocycles. The second kappa shape index (κ2) is 5.19. The van der Waals surface area contributed by atoms with Crippen LogP contribution < -0.4 is 10.6 Å². The predicted octanol–water partition coefficient (Wildman–Crippen LogP) is 1.69. The minimum absolute atomic E-state index is 0.169. The Kier molecular flexibility index (Phi) is 3.74. The van der Waals surface area contributed by atoms with E-state index in [2.05, 4.69) is 15.6 Å². The van der Waals surface area contributed by atoms with E-state index in [-0.39, 0.29) is 5.91 Å². The SMILES string of the molecule is CC(C)(C)OC(=O)NC1(C(=O)NCc2ccc[nH]2)CC1. The summed E-state index contributed by atoms with van der Waals surface area (Å²) in [5.41, 5.74) is -0.443. The molecule has 0 atom stereocenters. The van der Waals surface area contributed by atoms with Crippen LogP contribution in [0.2, 0.25) is 0 Å². The third kappa shape index (κ3) is 3.76. The maximum atomic E-state index is 12.1. The van der Waals surface area contributed by atoms with E-state index in [1.54, 1.807) is 27.0 Å². The van der Waals surface area contributed by atoms with Crippen LogP contribution >= 0.6 is 0 Å². The zero-order valence-corrected chi connectivity index (χ0v) is 12.1. The summed E-state index contributed by atoms with van der Waals surface area (Å²) < 4.78 is 5.18. The Morgan fingerprint density at radius 1 is 1.40 bits per heavy atom. The fourth-order valence-electron chi connectivity index (χ4n) is 1.85. The van der Waals surface area contributed by atoms with E-state index < -0.39 is 17.2 Å².